The van der Waals surface area contributed by atoms with Crippen LogP contribution in [-0.4, -0.2) is 18.0 Å². The molecule has 0 rings (SSSR count). The van der Waals surface area contributed by atoms with Gasteiger partial charge < -0.3 is 4.57 Å². The van der Waals surface area contributed by atoms with Crippen LogP contribution in [0.1, 0.15) is 137 Å². The van der Waals surface area contributed by atoms with Crippen molar-refractivity contribution in [3.05, 3.63) is 0 Å². The van der Waals surface area contributed by atoms with Gasteiger partial charge in [-0.25, -0.2) is 0 Å². The molecule has 0 saturated carbocycles. The molecule has 0 bridgehead atoms. The highest BCUT2D eigenvalue weighted by molar-refractivity contribution is 7.64. The standard InChI is InChI=1S/C24H51OP/c1-5-8-10-12-14-16-18-20-22-26(25,24(4)7-3)23-21-19-17-15-13-11-9-6-2/h24H,5-23H2,1-4H3. The zero-order valence-corrected chi connectivity index (χ0v) is 19.8. The van der Waals surface area contributed by atoms with Gasteiger partial charge in [-0.05, 0) is 19.3 Å². The first-order valence-corrected chi connectivity index (χ1v) is 14.3. The van der Waals surface area contributed by atoms with Crippen LogP contribution in [0.4, 0.5) is 0 Å². The van der Waals surface area contributed by atoms with E-state index >= 15 is 0 Å². The summed E-state index contributed by atoms with van der Waals surface area (Å²) in [7, 11) is -1.94. The van der Waals surface area contributed by atoms with Crippen molar-refractivity contribution in [2.75, 3.05) is 12.3 Å². The first-order valence-electron chi connectivity index (χ1n) is 12.2. The first kappa shape index (κ1) is 26.2. The Morgan fingerprint density at radius 1 is 0.538 bits per heavy atom. The normalized spacial score (nSPS) is 13.2. The summed E-state index contributed by atoms with van der Waals surface area (Å²) in [6, 6.07) is 0. The first-order chi connectivity index (χ1) is 12.6. The molecule has 26 heavy (non-hydrogen) atoms. The predicted octanol–water partition coefficient (Wildman–Crippen LogP) is 9.43. The molecular formula is C24H51OP. The van der Waals surface area contributed by atoms with E-state index < -0.39 is 7.14 Å². The molecule has 0 amide bonds. The summed E-state index contributed by atoms with van der Waals surface area (Å²) in [6.45, 7) is 9.02. The van der Waals surface area contributed by atoms with Gasteiger partial charge in [-0.3, -0.25) is 0 Å². The molecule has 0 aromatic carbocycles. The largest absolute Gasteiger partial charge is 0.323 e. The highest BCUT2D eigenvalue weighted by atomic mass is 31.2. The van der Waals surface area contributed by atoms with Gasteiger partial charge in [0.25, 0.3) is 0 Å². The van der Waals surface area contributed by atoms with Crippen molar-refractivity contribution in [2.45, 2.75) is 143 Å². The second-order valence-electron chi connectivity index (χ2n) is 8.61. The van der Waals surface area contributed by atoms with Crippen molar-refractivity contribution in [1.29, 1.82) is 0 Å². The molecular weight excluding hydrogens is 335 g/mol. The lowest BCUT2D eigenvalue weighted by atomic mass is 10.1. The Kier molecular flexibility index (Phi) is 18.8. The van der Waals surface area contributed by atoms with Crippen LogP contribution in [0, 0.1) is 0 Å². The molecule has 0 aliphatic rings. The Bertz CT molecular complexity index is 302. The number of hydrogen-bond donors (Lipinski definition) is 0. The van der Waals surface area contributed by atoms with E-state index in [1.807, 2.05) is 0 Å². The lowest BCUT2D eigenvalue weighted by Gasteiger charge is -2.24. The van der Waals surface area contributed by atoms with Gasteiger partial charge in [-0.1, -0.05) is 118 Å². The Labute approximate surface area is 166 Å². The van der Waals surface area contributed by atoms with Crippen molar-refractivity contribution < 1.29 is 4.57 Å². The number of hydrogen-bond acceptors (Lipinski definition) is 1. The third-order valence-corrected chi connectivity index (χ3v) is 10.3. The fourth-order valence-electron chi connectivity index (χ4n) is 3.91. The molecule has 0 fully saturated rings. The van der Waals surface area contributed by atoms with Gasteiger partial charge in [-0.2, -0.15) is 0 Å². The van der Waals surface area contributed by atoms with E-state index in [-0.39, 0.29) is 0 Å². The van der Waals surface area contributed by atoms with Gasteiger partial charge >= 0.3 is 0 Å². The van der Waals surface area contributed by atoms with Crippen LogP contribution < -0.4 is 0 Å². The molecule has 0 heterocycles. The Morgan fingerprint density at radius 2 is 0.846 bits per heavy atom. The van der Waals surface area contributed by atoms with Crippen molar-refractivity contribution in [3.8, 4) is 0 Å². The summed E-state index contributed by atoms with van der Waals surface area (Å²) >= 11 is 0. The molecule has 0 radical (unpaired) electrons. The maximum atomic E-state index is 13.5. The summed E-state index contributed by atoms with van der Waals surface area (Å²) in [5, 5.41) is 0. The van der Waals surface area contributed by atoms with Crippen LogP contribution in [0.5, 0.6) is 0 Å². The van der Waals surface area contributed by atoms with E-state index in [4.69, 9.17) is 0 Å². The molecule has 158 valence electrons. The summed E-state index contributed by atoms with van der Waals surface area (Å²) < 4.78 is 13.5. The average Bonchev–Trinajstić information content (AvgIpc) is 2.65. The summed E-state index contributed by atoms with van der Waals surface area (Å²) in [5.74, 6) is 0. The van der Waals surface area contributed by atoms with E-state index in [1.165, 1.54) is 103 Å². The Balaban J connectivity index is 3.88. The van der Waals surface area contributed by atoms with Gasteiger partial charge in [-0.15, -0.1) is 0 Å². The van der Waals surface area contributed by atoms with Crippen molar-refractivity contribution >= 4 is 7.14 Å². The van der Waals surface area contributed by atoms with Gasteiger partial charge in [0.05, 0.1) is 7.14 Å². The predicted molar refractivity (Wildman–Crippen MR) is 122 cm³/mol. The lowest BCUT2D eigenvalue weighted by molar-refractivity contribution is 0.547. The maximum absolute atomic E-state index is 13.5. The van der Waals surface area contributed by atoms with Crippen molar-refractivity contribution in [3.63, 3.8) is 0 Å². The van der Waals surface area contributed by atoms with Crippen molar-refractivity contribution in [2.24, 2.45) is 0 Å². The fourth-order valence-corrected chi connectivity index (χ4v) is 7.20. The molecule has 1 unspecified atom stereocenters. The summed E-state index contributed by atoms with van der Waals surface area (Å²) in [5.41, 5.74) is 0.441. The zero-order valence-electron chi connectivity index (χ0n) is 18.9. The SMILES string of the molecule is CCCCCCCCCCP(=O)(CCCCCCCCCC)C(C)CC. The number of rotatable bonds is 20. The molecule has 2 heteroatoms. The van der Waals surface area contributed by atoms with Crippen LogP contribution in [0.2, 0.25) is 0 Å². The van der Waals surface area contributed by atoms with Crippen LogP contribution in [-0.2, 0) is 4.57 Å². The highest BCUT2D eigenvalue weighted by Crippen LogP contribution is 2.53. The average molecular weight is 387 g/mol. The Morgan fingerprint density at radius 3 is 1.15 bits per heavy atom. The topological polar surface area (TPSA) is 17.1 Å². The third-order valence-electron chi connectivity index (χ3n) is 6.17. The molecule has 1 nitrogen and oxygen atoms in total. The van der Waals surface area contributed by atoms with E-state index in [0.29, 0.717) is 5.66 Å². The molecule has 0 aromatic heterocycles. The monoisotopic (exact) mass is 386 g/mol. The minimum atomic E-state index is -1.94. The van der Waals surface area contributed by atoms with Crippen LogP contribution >= 0.6 is 7.14 Å². The quantitative estimate of drug-likeness (QED) is 0.150. The maximum Gasteiger partial charge on any atom is 0.0903 e. The van der Waals surface area contributed by atoms with E-state index in [1.54, 1.807) is 0 Å². The summed E-state index contributed by atoms with van der Waals surface area (Å²) in [4.78, 5) is 0. The van der Waals surface area contributed by atoms with Gasteiger partial charge in [0.1, 0.15) is 0 Å². The van der Waals surface area contributed by atoms with Gasteiger partial charge in [0.15, 0.2) is 0 Å². The van der Waals surface area contributed by atoms with Gasteiger partial charge in [0.2, 0.25) is 0 Å². The smallest absolute Gasteiger partial charge is 0.0903 e. The third kappa shape index (κ3) is 14.3. The molecule has 1 atom stereocenters. The molecule has 0 saturated heterocycles. The fraction of sp³-hybridized carbons (Fsp3) is 1.00. The zero-order chi connectivity index (χ0) is 19.5. The minimum Gasteiger partial charge on any atom is -0.323 e. The van der Waals surface area contributed by atoms with Crippen LogP contribution in [0.15, 0.2) is 0 Å². The molecule has 0 aromatic rings. The van der Waals surface area contributed by atoms with Crippen LogP contribution in [0.25, 0.3) is 0 Å². The molecule has 0 spiro atoms. The lowest BCUT2D eigenvalue weighted by Crippen LogP contribution is -2.09. The minimum absolute atomic E-state index is 0.441. The summed E-state index contributed by atoms with van der Waals surface area (Å²) in [6.07, 6.45) is 24.6. The molecule has 0 aliphatic carbocycles. The molecule has 0 aliphatic heterocycles. The van der Waals surface area contributed by atoms with E-state index in [2.05, 4.69) is 27.7 Å². The highest BCUT2D eigenvalue weighted by Gasteiger charge is 2.27. The number of unbranched alkanes of at least 4 members (excludes halogenated alkanes) is 14. The second-order valence-corrected chi connectivity index (χ2v) is 12.3. The van der Waals surface area contributed by atoms with E-state index in [0.717, 1.165) is 18.7 Å². The van der Waals surface area contributed by atoms with Crippen LogP contribution in [0.3, 0.4) is 0 Å². The second kappa shape index (κ2) is 18.6. The van der Waals surface area contributed by atoms with Crippen molar-refractivity contribution in [1.82, 2.24) is 0 Å². The Hall–Kier alpha value is 0.230. The van der Waals surface area contributed by atoms with Gasteiger partial charge in [0, 0.05) is 18.0 Å². The molecule has 0 N–H and O–H groups in total. The van der Waals surface area contributed by atoms with E-state index in [9.17, 15) is 4.57 Å².